The molecule has 0 amide bonds. The van der Waals surface area contributed by atoms with Crippen LogP contribution in [0.1, 0.15) is 20.3 Å². The molecule has 0 bridgehead atoms. The Morgan fingerprint density at radius 1 is 1.41 bits per heavy atom. The number of hydrogen-bond donors (Lipinski definition) is 1. The lowest BCUT2D eigenvalue weighted by atomic mass is 10.3. The second-order valence-electron chi connectivity index (χ2n) is 3.87. The van der Waals surface area contributed by atoms with Crippen LogP contribution in [0.25, 0.3) is 0 Å². The largest absolute Gasteiger partial charge is 0.399 e. The fraction of sp³-hybridized carbons (Fsp3) is 0.500. The summed E-state index contributed by atoms with van der Waals surface area (Å²) in [4.78, 5) is 0.690. The van der Waals surface area contributed by atoms with Crippen LogP contribution in [0, 0.1) is 0 Å². The molecule has 1 aromatic rings. The molecule has 1 unspecified atom stereocenters. The third kappa shape index (κ3) is 3.20. The molecule has 0 spiro atoms. The molecule has 0 aromatic heterocycles. The van der Waals surface area contributed by atoms with Crippen molar-refractivity contribution in [1.82, 2.24) is 4.31 Å². The van der Waals surface area contributed by atoms with Crippen molar-refractivity contribution in [2.75, 3.05) is 25.9 Å². The summed E-state index contributed by atoms with van der Waals surface area (Å²) in [6.45, 7) is 5.26. The van der Waals surface area contributed by atoms with Gasteiger partial charge in [0.1, 0.15) is 9.92 Å². The first-order valence-electron chi connectivity index (χ1n) is 5.84. The third-order valence-corrected chi connectivity index (χ3v) is 5.03. The van der Waals surface area contributed by atoms with Gasteiger partial charge < -0.3 is 5.73 Å². The summed E-state index contributed by atoms with van der Waals surface area (Å²) in [7, 11) is -0.679. The normalized spacial score (nSPS) is 14.6. The van der Waals surface area contributed by atoms with Gasteiger partial charge in [0.05, 0.1) is 4.90 Å². The third-order valence-electron chi connectivity index (χ3n) is 2.52. The lowest BCUT2D eigenvalue weighted by Crippen LogP contribution is -2.26. The summed E-state index contributed by atoms with van der Waals surface area (Å²) < 4.78 is 19.1. The van der Waals surface area contributed by atoms with Crippen LogP contribution in [0.3, 0.4) is 0 Å². The van der Waals surface area contributed by atoms with Gasteiger partial charge in [-0.2, -0.15) is 0 Å². The first-order valence-corrected chi connectivity index (χ1v) is 7.31. The fourth-order valence-electron chi connectivity index (χ4n) is 1.42. The zero-order valence-electron chi connectivity index (χ0n) is 10.7. The maximum atomic E-state index is 12.9. The maximum Gasteiger partial charge on any atom is 0.139 e. The second kappa shape index (κ2) is 6.02. The minimum atomic E-state index is -2.50. The van der Waals surface area contributed by atoms with E-state index in [1.54, 1.807) is 16.4 Å². The first kappa shape index (κ1) is 14.0. The van der Waals surface area contributed by atoms with Gasteiger partial charge in [-0.1, -0.05) is 19.9 Å². The monoisotopic (exact) mass is 255 g/mol. The van der Waals surface area contributed by atoms with Crippen LogP contribution in [0.4, 0.5) is 5.69 Å². The topological polar surface area (TPSA) is 58.7 Å². The van der Waals surface area contributed by atoms with E-state index < -0.39 is 9.92 Å². The molecule has 0 aliphatic carbocycles. The van der Waals surface area contributed by atoms with Gasteiger partial charge in [0.15, 0.2) is 0 Å². The van der Waals surface area contributed by atoms with E-state index in [0.717, 1.165) is 6.42 Å². The van der Waals surface area contributed by atoms with Gasteiger partial charge in [-0.05, 0) is 24.6 Å². The summed E-state index contributed by atoms with van der Waals surface area (Å²) in [5.74, 6) is 0. The Morgan fingerprint density at radius 2 is 2.12 bits per heavy atom. The number of nitrogen functional groups attached to an aromatic ring is 1. The predicted molar refractivity (Wildman–Crippen MR) is 73.2 cm³/mol. The zero-order chi connectivity index (χ0) is 12.9. The minimum Gasteiger partial charge on any atom is -0.399 e. The second-order valence-corrected chi connectivity index (χ2v) is 6.21. The Bertz CT molecular complexity index is 478. The van der Waals surface area contributed by atoms with Crippen LogP contribution < -0.4 is 5.73 Å². The zero-order valence-corrected chi connectivity index (χ0v) is 11.5. The Morgan fingerprint density at radius 3 is 2.65 bits per heavy atom. The molecule has 0 aliphatic heterocycles. The van der Waals surface area contributed by atoms with Gasteiger partial charge in [-0.3, -0.25) is 0 Å². The standard InChI is InChI=1S/C12H21N3OS/c1-4-9-14-17(16,15(3)5-2)12-8-6-7-11(13)10-12/h6-8,10H,4-5,9,13H2,1-3H3. The fourth-order valence-corrected chi connectivity index (χ4v) is 3.45. The van der Waals surface area contributed by atoms with Gasteiger partial charge in [-0.25, -0.2) is 12.9 Å². The van der Waals surface area contributed by atoms with Crippen molar-refractivity contribution in [3.8, 4) is 0 Å². The van der Waals surface area contributed by atoms with Gasteiger partial charge in [0.2, 0.25) is 0 Å². The summed E-state index contributed by atoms with van der Waals surface area (Å²) >= 11 is 0. The van der Waals surface area contributed by atoms with Crippen molar-refractivity contribution in [2.24, 2.45) is 4.36 Å². The number of rotatable bonds is 5. The van der Waals surface area contributed by atoms with Crippen molar-refractivity contribution < 1.29 is 4.21 Å². The van der Waals surface area contributed by atoms with E-state index in [-0.39, 0.29) is 0 Å². The van der Waals surface area contributed by atoms with Crippen LogP contribution in [0.2, 0.25) is 0 Å². The van der Waals surface area contributed by atoms with Crippen LogP contribution in [-0.4, -0.2) is 28.7 Å². The number of anilines is 1. The molecule has 0 aliphatic rings. The molecular formula is C12H21N3OS. The molecule has 2 N–H and O–H groups in total. The molecule has 0 saturated carbocycles. The van der Waals surface area contributed by atoms with Crippen molar-refractivity contribution in [3.63, 3.8) is 0 Å². The number of nitrogens with zero attached hydrogens (tertiary/aromatic N) is 2. The van der Waals surface area contributed by atoms with Crippen molar-refractivity contribution >= 4 is 15.6 Å². The van der Waals surface area contributed by atoms with E-state index in [1.807, 2.05) is 33.0 Å². The van der Waals surface area contributed by atoms with E-state index in [2.05, 4.69) is 4.36 Å². The Labute approximate surface area is 104 Å². The summed E-state index contributed by atoms with van der Waals surface area (Å²) in [5.41, 5.74) is 6.36. The van der Waals surface area contributed by atoms with E-state index in [0.29, 0.717) is 23.7 Å². The number of benzene rings is 1. The highest BCUT2D eigenvalue weighted by Crippen LogP contribution is 2.19. The molecule has 0 fully saturated rings. The number of nitrogens with two attached hydrogens (primary N) is 1. The molecule has 0 heterocycles. The number of hydrogen-bond acceptors (Lipinski definition) is 3. The van der Waals surface area contributed by atoms with Gasteiger partial charge in [0.25, 0.3) is 0 Å². The highest BCUT2D eigenvalue weighted by molar-refractivity contribution is 7.91. The molecule has 96 valence electrons. The predicted octanol–water partition coefficient (Wildman–Crippen LogP) is 2.37. The van der Waals surface area contributed by atoms with Gasteiger partial charge in [0, 0.05) is 25.8 Å². The van der Waals surface area contributed by atoms with E-state index in [9.17, 15) is 4.21 Å². The highest BCUT2D eigenvalue weighted by atomic mass is 32.2. The van der Waals surface area contributed by atoms with Crippen molar-refractivity contribution in [1.29, 1.82) is 0 Å². The van der Waals surface area contributed by atoms with E-state index in [4.69, 9.17) is 5.73 Å². The average molecular weight is 255 g/mol. The van der Waals surface area contributed by atoms with Crippen molar-refractivity contribution in [2.45, 2.75) is 25.2 Å². The molecule has 1 atom stereocenters. The highest BCUT2D eigenvalue weighted by Gasteiger charge is 2.17. The lowest BCUT2D eigenvalue weighted by molar-refractivity contribution is 0.536. The molecule has 0 saturated heterocycles. The van der Waals surface area contributed by atoms with Crippen LogP contribution in [0.5, 0.6) is 0 Å². The van der Waals surface area contributed by atoms with E-state index in [1.165, 1.54) is 0 Å². The maximum absolute atomic E-state index is 12.9. The van der Waals surface area contributed by atoms with Crippen molar-refractivity contribution in [3.05, 3.63) is 24.3 Å². The molecule has 17 heavy (non-hydrogen) atoms. The minimum absolute atomic E-state index is 0.595. The summed E-state index contributed by atoms with van der Waals surface area (Å²) in [5, 5.41) is 0. The first-order chi connectivity index (χ1) is 8.04. The molecule has 1 aromatic carbocycles. The smallest absolute Gasteiger partial charge is 0.139 e. The Hall–Kier alpha value is -1.07. The van der Waals surface area contributed by atoms with Crippen LogP contribution in [-0.2, 0) is 9.92 Å². The summed E-state index contributed by atoms with van der Waals surface area (Å²) in [6.07, 6.45) is 0.886. The molecule has 0 radical (unpaired) electrons. The molecule has 4 nitrogen and oxygen atoms in total. The lowest BCUT2D eigenvalue weighted by Gasteiger charge is -2.20. The molecular weight excluding hydrogens is 234 g/mol. The van der Waals surface area contributed by atoms with Gasteiger partial charge in [-0.15, -0.1) is 0 Å². The molecule has 1 rings (SSSR count). The van der Waals surface area contributed by atoms with Crippen LogP contribution >= 0.6 is 0 Å². The average Bonchev–Trinajstić information content (AvgIpc) is 2.34. The van der Waals surface area contributed by atoms with Crippen LogP contribution in [0.15, 0.2) is 33.5 Å². The molecule has 5 heteroatoms. The Kier molecular flexibility index (Phi) is 4.96. The van der Waals surface area contributed by atoms with Gasteiger partial charge >= 0.3 is 0 Å². The quantitative estimate of drug-likeness (QED) is 0.821. The van der Waals surface area contributed by atoms with E-state index >= 15 is 0 Å². The summed E-state index contributed by atoms with van der Waals surface area (Å²) in [6, 6.07) is 7.17. The Balaban J connectivity index is 3.29. The SMILES string of the molecule is CCCN=S(=O)(c1cccc(N)c1)N(C)CC.